The smallest absolute Gasteiger partial charge is 0.410 e. The van der Waals surface area contributed by atoms with E-state index in [0.29, 0.717) is 25.9 Å². The van der Waals surface area contributed by atoms with Crippen LogP contribution in [0.1, 0.15) is 39.2 Å². The average molecular weight is 391 g/mol. The molecule has 1 aliphatic rings. The minimum absolute atomic E-state index is 0.101. The summed E-state index contributed by atoms with van der Waals surface area (Å²) in [6, 6.07) is 9.28. The Morgan fingerprint density at radius 1 is 1.07 bits per heavy atom. The summed E-state index contributed by atoms with van der Waals surface area (Å²) in [4.78, 5) is 38.6. The lowest BCUT2D eigenvalue weighted by atomic mass is 9.84. The highest BCUT2D eigenvalue weighted by Crippen LogP contribution is 2.28. The maximum absolute atomic E-state index is 12.6. The minimum Gasteiger partial charge on any atom is -0.468 e. The fourth-order valence-electron chi connectivity index (χ4n) is 3.17. The molecule has 0 radical (unpaired) electrons. The van der Waals surface area contributed by atoms with E-state index < -0.39 is 23.5 Å². The number of esters is 2. The molecule has 0 aromatic heterocycles. The van der Waals surface area contributed by atoms with Crippen LogP contribution in [0.2, 0.25) is 0 Å². The average Bonchev–Trinajstić information content (AvgIpc) is 2.66. The third-order valence-electron chi connectivity index (χ3n) is 4.60. The first-order valence-corrected chi connectivity index (χ1v) is 9.47. The molecule has 0 bridgehead atoms. The zero-order chi connectivity index (χ0) is 20.7. The normalized spacial score (nSPS) is 16.2. The molecule has 1 amide bonds. The van der Waals surface area contributed by atoms with Crippen LogP contribution in [0.4, 0.5) is 4.79 Å². The van der Waals surface area contributed by atoms with E-state index in [2.05, 4.69) is 0 Å². The summed E-state index contributed by atoms with van der Waals surface area (Å²) in [6.07, 6.45) is 0.617. The fraction of sp³-hybridized carbons (Fsp3) is 0.571. The molecule has 7 nitrogen and oxygen atoms in total. The largest absolute Gasteiger partial charge is 0.468 e. The van der Waals surface area contributed by atoms with Gasteiger partial charge in [0.25, 0.3) is 0 Å². The Kier molecular flexibility index (Phi) is 7.43. The topological polar surface area (TPSA) is 82.1 Å². The predicted octanol–water partition coefficient (Wildman–Crippen LogP) is 3.17. The molecule has 2 rings (SSSR count). The Morgan fingerprint density at radius 2 is 1.68 bits per heavy atom. The number of benzene rings is 1. The fourth-order valence-corrected chi connectivity index (χ4v) is 3.17. The highest BCUT2D eigenvalue weighted by atomic mass is 16.6. The zero-order valence-corrected chi connectivity index (χ0v) is 17.0. The first kappa shape index (κ1) is 21.7. The number of carbonyl (C=O) groups is 3. The van der Waals surface area contributed by atoms with E-state index >= 15 is 0 Å². The minimum atomic E-state index is -0.991. The Bertz CT molecular complexity index is 674. The Labute approximate surface area is 165 Å². The van der Waals surface area contributed by atoms with Gasteiger partial charge in [-0.3, -0.25) is 9.59 Å². The van der Waals surface area contributed by atoms with Gasteiger partial charge in [-0.05, 0) is 45.1 Å². The Morgan fingerprint density at radius 3 is 2.21 bits per heavy atom. The van der Waals surface area contributed by atoms with Gasteiger partial charge >= 0.3 is 18.0 Å². The van der Waals surface area contributed by atoms with Crippen LogP contribution < -0.4 is 0 Å². The highest BCUT2D eigenvalue weighted by molar-refractivity contribution is 5.95. The third kappa shape index (κ3) is 6.25. The van der Waals surface area contributed by atoms with Crippen molar-refractivity contribution in [3.63, 3.8) is 0 Å². The molecule has 1 atom stereocenters. The van der Waals surface area contributed by atoms with E-state index in [1.54, 1.807) is 4.90 Å². The number of nitrogens with zero attached hydrogens (tertiary/aromatic N) is 1. The van der Waals surface area contributed by atoms with Gasteiger partial charge in [-0.1, -0.05) is 30.3 Å². The molecule has 1 saturated heterocycles. The van der Waals surface area contributed by atoms with Crippen LogP contribution in [0, 0.1) is 11.8 Å². The maximum Gasteiger partial charge on any atom is 0.410 e. The summed E-state index contributed by atoms with van der Waals surface area (Å²) >= 11 is 0. The van der Waals surface area contributed by atoms with Crippen LogP contribution >= 0.6 is 0 Å². The molecule has 0 aliphatic carbocycles. The monoisotopic (exact) mass is 391 g/mol. The zero-order valence-electron chi connectivity index (χ0n) is 17.0. The van der Waals surface area contributed by atoms with Crippen LogP contribution in [0.5, 0.6) is 0 Å². The molecule has 1 fully saturated rings. The number of amides is 1. The molecule has 28 heavy (non-hydrogen) atoms. The number of likely N-dealkylation sites (tertiary alicyclic amines) is 1. The summed E-state index contributed by atoms with van der Waals surface area (Å²) in [7, 11) is 1.26. The van der Waals surface area contributed by atoms with Crippen molar-refractivity contribution >= 4 is 18.0 Å². The van der Waals surface area contributed by atoms with Crippen LogP contribution in [-0.4, -0.2) is 48.7 Å². The number of methoxy groups -OCH3 is 1. The van der Waals surface area contributed by atoms with Crippen LogP contribution in [0.3, 0.4) is 0 Å². The van der Waals surface area contributed by atoms with E-state index in [1.165, 1.54) is 7.11 Å². The van der Waals surface area contributed by atoms with E-state index in [0.717, 1.165) is 5.56 Å². The van der Waals surface area contributed by atoms with Gasteiger partial charge in [0, 0.05) is 13.1 Å². The molecule has 0 N–H and O–H groups in total. The van der Waals surface area contributed by atoms with Gasteiger partial charge in [0.05, 0.1) is 7.11 Å². The second-order valence-electron chi connectivity index (χ2n) is 7.90. The van der Waals surface area contributed by atoms with Crippen molar-refractivity contribution in [2.45, 2.75) is 45.8 Å². The second-order valence-corrected chi connectivity index (χ2v) is 7.90. The van der Waals surface area contributed by atoms with Gasteiger partial charge in [-0.15, -0.1) is 0 Å². The van der Waals surface area contributed by atoms with Crippen LogP contribution in [0.25, 0.3) is 0 Å². The quantitative estimate of drug-likeness (QED) is 0.436. The van der Waals surface area contributed by atoms with Gasteiger partial charge in [0.15, 0.2) is 5.92 Å². The molecule has 0 saturated carbocycles. The molecular weight excluding hydrogens is 362 g/mol. The lowest BCUT2D eigenvalue weighted by Crippen LogP contribution is -2.45. The van der Waals surface area contributed by atoms with Crippen molar-refractivity contribution in [1.82, 2.24) is 4.90 Å². The summed E-state index contributed by atoms with van der Waals surface area (Å²) in [5, 5.41) is 0. The molecule has 0 unspecified atom stereocenters. The molecule has 1 aromatic rings. The van der Waals surface area contributed by atoms with Crippen molar-refractivity contribution < 1.29 is 28.6 Å². The lowest BCUT2D eigenvalue weighted by molar-refractivity contribution is -0.165. The van der Waals surface area contributed by atoms with E-state index in [4.69, 9.17) is 14.2 Å². The molecular formula is C21H29NO6. The van der Waals surface area contributed by atoms with Crippen LogP contribution in [-0.2, 0) is 30.4 Å². The molecule has 1 aliphatic heterocycles. The van der Waals surface area contributed by atoms with Gasteiger partial charge in [0.2, 0.25) is 0 Å². The molecule has 1 heterocycles. The number of piperidine rings is 1. The van der Waals surface area contributed by atoms with E-state index in [1.807, 2.05) is 51.1 Å². The second kappa shape index (κ2) is 9.57. The van der Waals surface area contributed by atoms with Crippen molar-refractivity contribution in [3.8, 4) is 0 Å². The van der Waals surface area contributed by atoms with Gasteiger partial charge in [-0.25, -0.2) is 4.79 Å². The molecule has 1 aromatic carbocycles. The van der Waals surface area contributed by atoms with Crippen molar-refractivity contribution in [2.24, 2.45) is 11.8 Å². The SMILES string of the molecule is COC(=O)[C@@H](C(=O)OCc1ccccc1)C1CCN(C(=O)OC(C)(C)C)CC1. The summed E-state index contributed by atoms with van der Waals surface area (Å²) < 4.78 is 15.6. The number of hydrogen-bond acceptors (Lipinski definition) is 6. The van der Waals surface area contributed by atoms with Crippen molar-refractivity contribution in [2.75, 3.05) is 20.2 Å². The van der Waals surface area contributed by atoms with Crippen LogP contribution in [0.15, 0.2) is 30.3 Å². The van der Waals surface area contributed by atoms with Gasteiger partial charge in [0.1, 0.15) is 12.2 Å². The maximum atomic E-state index is 12.6. The summed E-state index contributed by atoms with van der Waals surface area (Å²) in [5.41, 5.74) is 0.281. The molecule has 0 spiro atoms. The Hall–Kier alpha value is -2.57. The first-order valence-electron chi connectivity index (χ1n) is 9.47. The predicted molar refractivity (Wildman–Crippen MR) is 102 cm³/mol. The number of hydrogen-bond donors (Lipinski definition) is 0. The first-order chi connectivity index (χ1) is 13.2. The van der Waals surface area contributed by atoms with Gasteiger partial charge in [-0.2, -0.15) is 0 Å². The van der Waals surface area contributed by atoms with E-state index in [9.17, 15) is 14.4 Å². The standard InChI is InChI=1S/C21H29NO6/c1-21(2,3)28-20(25)22-12-10-16(11-13-22)17(18(23)26-4)19(24)27-14-15-8-6-5-7-9-15/h5-9,16-17H,10-14H2,1-4H3/t17-/m0/s1. The highest BCUT2D eigenvalue weighted by Gasteiger charge is 2.40. The van der Waals surface area contributed by atoms with E-state index in [-0.39, 0.29) is 18.6 Å². The van der Waals surface area contributed by atoms with Gasteiger partial charge < -0.3 is 19.1 Å². The number of ether oxygens (including phenoxy) is 3. The lowest BCUT2D eigenvalue weighted by Gasteiger charge is -2.35. The number of carbonyl (C=O) groups excluding carboxylic acids is 3. The third-order valence-corrected chi connectivity index (χ3v) is 4.60. The molecule has 154 valence electrons. The summed E-state index contributed by atoms with van der Waals surface area (Å²) in [5.74, 6) is -2.43. The summed E-state index contributed by atoms with van der Waals surface area (Å²) in [6.45, 7) is 6.37. The molecule has 7 heteroatoms. The van der Waals surface area contributed by atoms with Crippen molar-refractivity contribution in [1.29, 1.82) is 0 Å². The van der Waals surface area contributed by atoms with Crippen molar-refractivity contribution in [3.05, 3.63) is 35.9 Å². The Balaban J connectivity index is 1.95. The number of rotatable bonds is 5.